The fourth-order valence-corrected chi connectivity index (χ4v) is 1.21. The molecule has 1 rings (SSSR count). The van der Waals surface area contributed by atoms with E-state index >= 15 is 0 Å². The molecule has 6 nitrogen and oxygen atoms in total. The molecule has 0 atom stereocenters. The highest BCUT2D eigenvalue weighted by Gasteiger charge is 2.06. The Balaban J connectivity index is 2.69. The number of rotatable bonds is 5. The Kier molecular flexibility index (Phi) is 4.83. The molecule has 0 aromatic heterocycles. The second-order valence-electron chi connectivity index (χ2n) is 3.44. The molecular formula is C10H15FN4O2. The fraction of sp³-hybridized carbons (Fsp3) is 0.300. The van der Waals surface area contributed by atoms with E-state index in [1.54, 1.807) is 6.07 Å². The van der Waals surface area contributed by atoms with E-state index in [4.69, 9.17) is 11.5 Å². The molecule has 0 unspecified atom stereocenters. The minimum atomic E-state index is -1.13. The van der Waals surface area contributed by atoms with Gasteiger partial charge in [-0.3, -0.25) is 10.1 Å². The highest BCUT2D eigenvalue weighted by atomic mass is 19.1. The van der Waals surface area contributed by atoms with Crippen LogP contribution in [-0.4, -0.2) is 24.0 Å². The third-order valence-electron chi connectivity index (χ3n) is 2.00. The zero-order valence-electron chi connectivity index (χ0n) is 9.11. The summed E-state index contributed by atoms with van der Waals surface area (Å²) in [5, 5.41) is 14.5. The lowest BCUT2D eigenvalue weighted by atomic mass is 10.2. The van der Waals surface area contributed by atoms with Crippen LogP contribution in [0.15, 0.2) is 18.2 Å². The Labute approximate surface area is 97.8 Å². The van der Waals surface area contributed by atoms with E-state index in [0.717, 1.165) is 5.56 Å². The number of carbonyl (C=O) groups is 1. The molecule has 0 aliphatic heterocycles. The molecular weight excluding hydrogens is 227 g/mol. The van der Waals surface area contributed by atoms with E-state index in [1.807, 2.05) is 0 Å². The number of benzene rings is 1. The Bertz CT molecular complexity index is 398. The van der Waals surface area contributed by atoms with Gasteiger partial charge in [0.15, 0.2) is 6.67 Å². The summed E-state index contributed by atoms with van der Waals surface area (Å²) >= 11 is 0. The first-order chi connectivity index (χ1) is 8.02. The number of alkyl halides is 1. The number of hydrogen-bond donors (Lipinski definition) is 5. The van der Waals surface area contributed by atoms with Gasteiger partial charge in [0.2, 0.25) is 0 Å². The van der Waals surface area contributed by atoms with Crippen LogP contribution in [0.5, 0.6) is 5.75 Å². The van der Waals surface area contributed by atoms with E-state index in [9.17, 15) is 14.3 Å². The smallest absolute Gasteiger partial charge is 0.255 e. The molecule has 1 aromatic carbocycles. The van der Waals surface area contributed by atoms with Gasteiger partial charge in [-0.05, 0) is 17.7 Å². The van der Waals surface area contributed by atoms with Crippen molar-refractivity contribution in [3.8, 4) is 5.75 Å². The van der Waals surface area contributed by atoms with Crippen molar-refractivity contribution in [2.24, 2.45) is 11.5 Å². The maximum absolute atomic E-state index is 12.0. The van der Waals surface area contributed by atoms with Gasteiger partial charge in [-0.25, -0.2) is 4.39 Å². The fourth-order valence-electron chi connectivity index (χ4n) is 1.21. The third-order valence-corrected chi connectivity index (χ3v) is 2.00. The predicted octanol–water partition coefficient (Wildman–Crippen LogP) is -0.409. The van der Waals surface area contributed by atoms with Crippen LogP contribution >= 0.6 is 0 Å². The van der Waals surface area contributed by atoms with Gasteiger partial charge in [0, 0.05) is 6.54 Å². The van der Waals surface area contributed by atoms with Crippen molar-refractivity contribution in [1.29, 1.82) is 0 Å². The second kappa shape index (κ2) is 6.14. The maximum Gasteiger partial charge on any atom is 0.255 e. The summed E-state index contributed by atoms with van der Waals surface area (Å²) < 4.78 is 12.0. The van der Waals surface area contributed by atoms with Gasteiger partial charge in [0.25, 0.3) is 5.91 Å². The number of aromatic hydroxyl groups is 1. The van der Waals surface area contributed by atoms with Gasteiger partial charge in [-0.1, -0.05) is 6.07 Å². The monoisotopic (exact) mass is 242 g/mol. The van der Waals surface area contributed by atoms with Gasteiger partial charge in [0.1, 0.15) is 12.0 Å². The summed E-state index contributed by atoms with van der Waals surface area (Å²) in [6.07, 6.45) is -0.650. The van der Waals surface area contributed by atoms with Gasteiger partial charge < -0.3 is 21.9 Å². The van der Waals surface area contributed by atoms with Crippen LogP contribution in [0, 0.1) is 0 Å². The number of phenols is 1. The van der Waals surface area contributed by atoms with Gasteiger partial charge >= 0.3 is 0 Å². The molecule has 1 amide bonds. The molecule has 0 radical (unpaired) electrons. The number of hydrogen-bond acceptors (Lipinski definition) is 5. The molecule has 0 aliphatic rings. The molecule has 0 aliphatic carbocycles. The highest BCUT2D eigenvalue weighted by Crippen LogP contribution is 2.24. The number of carbonyl (C=O) groups excluding carboxylic acids is 1. The molecule has 0 saturated carbocycles. The average Bonchev–Trinajstić information content (AvgIpc) is 2.29. The Hall–Kier alpha value is -1.70. The minimum Gasteiger partial charge on any atom is -0.506 e. The lowest BCUT2D eigenvalue weighted by Crippen LogP contribution is -2.44. The van der Waals surface area contributed by atoms with E-state index in [2.05, 4.69) is 10.6 Å². The van der Waals surface area contributed by atoms with Crippen LogP contribution in [0.2, 0.25) is 0 Å². The van der Waals surface area contributed by atoms with Crippen LogP contribution in [0.25, 0.3) is 0 Å². The highest BCUT2D eigenvalue weighted by molar-refractivity contribution is 5.93. The molecule has 0 bridgehead atoms. The summed E-state index contributed by atoms with van der Waals surface area (Å²) in [5.74, 6) is -0.952. The van der Waals surface area contributed by atoms with Crippen molar-refractivity contribution in [2.45, 2.75) is 12.8 Å². The number of halogens is 1. The van der Waals surface area contributed by atoms with Crippen molar-refractivity contribution >= 4 is 11.6 Å². The molecule has 17 heavy (non-hydrogen) atoms. The Morgan fingerprint density at radius 3 is 2.71 bits per heavy atom. The van der Waals surface area contributed by atoms with Crippen molar-refractivity contribution < 1.29 is 14.3 Å². The first-order valence-corrected chi connectivity index (χ1v) is 4.95. The van der Waals surface area contributed by atoms with Crippen LogP contribution in [-0.2, 0) is 11.3 Å². The number of amides is 1. The predicted molar refractivity (Wildman–Crippen MR) is 61.7 cm³/mol. The number of anilines is 1. The minimum absolute atomic E-state index is 0.142. The zero-order valence-corrected chi connectivity index (χ0v) is 9.11. The molecule has 0 fully saturated rings. The normalized spacial score (nSPS) is 10.6. The second-order valence-corrected chi connectivity index (χ2v) is 3.44. The molecule has 7 N–H and O–H groups in total. The van der Waals surface area contributed by atoms with Gasteiger partial charge in [0.05, 0.1) is 5.69 Å². The lowest BCUT2D eigenvalue weighted by molar-refractivity contribution is -0.117. The summed E-state index contributed by atoms with van der Waals surface area (Å²) in [4.78, 5) is 10.8. The van der Waals surface area contributed by atoms with Crippen molar-refractivity contribution in [1.82, 2.24) is 5.32 Å². The summed E-state index contributed by atoms with van der Waals surface area (Å²) in [7, 11) is 0. The van der Waals surface area contributed by atoms with Crippen LogP contribution in [0.4, 0.5) is 10.1 Å². The topological polar surface area (TPSA) is 113 Å². The molecule has 0 spiro atoms. The summed E-state index contributed by atoms with van der Waals surface area (Å²) in [5.41, 5.74) is 11.5. The number of phenolic OH excluding ortho intramolecular Hbond substituents is 1. The lowest BCUT2D eigenvalue weighted by Gasteiger charge is -2.10. The first-order valence-electron chi connectivity index (χ1n) is 4.95. The van der Waals surface area contributed by atoms with Crippen molar-refractivity contribution in [3.63, 3.8) is 0 Å². The Morgan fingerprint density at radius 2 is 2.18 bits per heavy atom. The molecule has 7 heteroatoms. The van der Waals surface area contributed by atoms with E-state index in [-0.39, 0.29) is 11.4 Å². The van der Waals surface area contributed by atoms with Crippen molar-refractivity contribution in [3.05, 3.63) is 23.8 Å². The zero-order chi connectivity index (χ0) is 12.8. The summed E-state index contributed by atoms with van der Waals surface area (Å²) in [6, 6.07) is 4.56. The van der Waals surface area contributed by atoms with Crippen LogP contribution in [0.1, 0.15) is 5.56 Å². The SMILES string of the molecule is NC(N)NCc1ccc(NC(=O)CF)c(O)c1. The van der Waals surface area contributed by atoms with Crippen LogP contribution < -0.4 is 22.1 Å². The third kappa shape index (κ3) is 4.35. The van der Waals surface area contributed by atoms with Crippen LogP contribution in [0.3, 0.4) is 0 Å². The average molecular weight is 242 g/mol. The summed E-state index contributed by atoms with van der Waals surface area (Å²) in [6.45, 7) is -0.757. The number of nitrogens with one attached hydrogen (secondary N) is 2. The van der Waals surface area contributed by atoms with E-state index in [1.165, 1.54) is 12.1 Å². The van der Waals surface area contributed by atoms with E-state index < -0.39 is 18.9 Å². The van der Waals surface area contributed by atoms with Gasteiger partial charge in [-0.2, -0.15) is 0 Å². The first kappa shape index (κ1) is 13.4. The van der Waals surface area contributed by atoms with E-state index in [0.29, 0.717) is 6.54 Å². The largest absolute Gasteiger partial charge is 0.506 e. The molecule has 94 valence electrons. The maximum atomic E-state index is 12.0. The standard InChI is InChI=1S/C10H15FN4O2/c11-4-9(17)15-7-2-1-6(3-8(7)16)5-14-10(12)13/h1-3,10,14,16H,4-5,12-13H2,(H,15,17). The Morgan fingerprint density at radius 1 is 1.47 bits per heavy atom. The van der Waals surface area contributed by atoms with Gasteiger partial charge in [-0.15, -0.1) is 0 Å². The quantitative estimate of drug-likeness (QED) is 0.356. The van der Waals surface area contributed by atoms with Crippen molar-refractivity contribution in [2.75, 3.05) is 12.0 Å². The molecule has 0 saturated heterocycles. The molecule has 1 aromatic rings. The molecule has 0 heterocycles. The number of nitrogens with two attached hydrogens (primary N) is 2.